The van der Waals surface area contributed by atoms with Gasteiger partial charge < -0.3 is 0 Å². The van der Waals surface area contributed by atoms with Gasteiger partial charge in [0.25, 0.3) is 0 Å². The quantitative estimate of drug-likeness (QED) is 0.750. The van der Waals surface area contributed by atoms with Crippen LogP contribution in [0.25, 0.3) is 0 Å². The van der Waals surface area contributed by atoms with E-state index in [0.29, 0.717) is 5.02 Å². The van der Waals surface area contributed by atoms with E-state index in [0.717, 1.165) is 19.8 Å². The molecule has 1 fully saturated rings. The predicted octanol–water partition coefficient (Wildman–Crippen LogP) is 1.54. The lowest BCUT2D eigenvalue weighted by Gasteiger charge is -2.25. The normalized spacial score (nSPS) is 19.2. The predicted molar refractivity (Wildman–Crippen MR) is 56.1 cm³/mol. The first-order valence-corrected chi connectivity index (χ1v) is 5.86. The Balaban J connectivity index is 1.89. The van der Waals surface area contributed by atoms with Crippen LogP contribution < -0.4 is 0 Å². The second kappa shape index (κ2) is 4.35. The van der Waals surface area contributed by atoms with Crippen molar-refractivity contribution in [1.82, 2.24) is 14.7 Å². The zero-order valence-corrected chi connectivity index (χ0v) is 8.89. The first kappa shape index (κ1) is 9.37. The molecule has 2 heterocycles. The molecule has 0 N–H and O–H groups in total. The molecule has 0 spiro atoms. The number of nitrogens with zero attached hydrogens (tertiary/aromatic N) is 3. The van der Waals surface area contributed by atoms with Crippen molar-refractivity contribution in [3.63, 3.8) is 0 Å². The molecule has 0 aliphatic carbocycles. The molecule has 3 nitrogen and oxygen atoms in total. The van der Waals surface area contributed by atoms with Gasteiger partial charge in [-0.05, 0) is 0 Å². The molecule has 0 amide bonds. The smallest absolute Gasteiger partial charge is 0.0929 e. The van der Waals surface area contributed by atoms with Crippen LogP contribution in [0.15, 0.2) is 12.4 Å². The Bertz CT molecular complexity index is 270. The fourth-order valence-electron chi connectivity index (χ4n) is 1.36. The van der Waals surface area contributed by atoms with Crippen molar-refractivity contribution in [2.24, 2.45) is 0 Å². The molecule has 1 aliphatic heterocycles. The monoisotopic (exact) mass is 217 g/mol. The number of aromatic nitrogens is 2. The molecule has 1 saturated heterocycles. The summed E-state index contributed by atoms with van der Waals surface area (Å²) >= 11 is 7.79. The molecule has 13 heavy (non-hydrogen) atoms. The summed E-state index contributed by atoms with van der Waals surface area (Å²) in [6, 6.07) is 0. The van der Waals surface area contributed by atoms with Crippen molar-refractivity contribution in [3.8, 4) is 0 Å². The zero-order chi connectivity index (χ0) is 9.10. The Kier molecular flexibility index (Phi) is 3.14. The van der Waals surface area contributed by atoms with E-state index in [9.17, 15) is 0 Å². The summed E-state index contributed by atoms with van der Waals surface area (Å²) in [5.41, 5.74) is 0. The van der Waals surface area contributed by atoms with E-state index in [1.807, 2.05) is 22.6 Å². The summed E-state index contributed by atoms with van der Waals surface area (Å²) in [5.74, 6) is 2.46. The van der Waals surface area contributed by atoms with E-state index >= 15 is 0 Å². The largest absolute Gasteiger partial charge is 0.283 e. The van der Waals surface area contributed by atoms with Gasteiger partial charge in [-0.3, -0.25) is 9.58 Å². The summed E-state index contributed by atoms with van der Waals surface area (Å²) in [5, 5.41) is 4.86. The third-order valence-electron chi connectivity index (χ3n) is 2.05. The van der Waals surface area contributed by atoms with Crippen LogP contribution in [-0.2, 0) is 6.67 Å². The minimum atomic E-state index is 0.714. The Hall–Kier alpha value is -0.190. The molecule has 0 radical (unpaired) electrons. The van der Waals surface area contributed by atoms with Gasteiger partial charge in [0.1, 0.15) is 0 Å². The van der Waals surface area contributed by atoms with E-state index in [1.165, 1.54) is 11.5 Å². The SMILES string of the molecule is Clc1cnn(CN2CCSCC2)c1. The van der Waals surface area contributed by atoms with Crippen molar-refractivity contribution in [1.29, 1.82) is 0 Å². The molecule has 0 saturated carbocycles. The van der Waals surface area contributed by atoms with Gasteiger partial charge in [0.05, 0.1) is 17.9 Å². The number of hydrogen-bond donors (Lipinski definition) is 0. The highest BCUT2D eigenvalue weighted by Crippen LogP contribution is 2.11. The van der Waals surface area contributed by atoms with Gasteiger partial charge in [0.2, 0.25) is 0 Å². The summed E-state index contributed by atoms with van der Waals surface area (Å²) < 4.78 is 1.89. The molecular formula is C8H12ClN3S. The molecule has 0 unspecified atom stereocenters. The summed E-state index contributed by atoms with van der Waals surface area (Å²) in [6.07, 6.45) is 3.55. The second-order valence-electron chi connectivity index (χ2n) is 3.07. The highest BCUT2D eigenvalue weighted by molar-refractivity contribution is 7.99. The Labute approximate surface area is 87.0 Å². The molecule has 72 valence electrons. The van der Waals surface area contributed by atoms with E-state index in [1.54, 1.807) is 6.20 Å². The number of hydrogen-bond acceptors (Lipinski definition) is 3. The minimum Gasteiger partial charge on any atom is -0.283 e. The molecule has 0 atom stereocenters. The number of halogens is 1. The maximum Gasteiger partial charge on any atom is 0.0929 e. The van der Waals surface area contributed by atoms with Gasteiger partial charge in [0, 0.05) is 30.8 Å². The van der Waals surface area contributed by atoms with Gasteiger partial charge in [-0.15, -0.1) is 0 Å². The van der Waals surface area contributed by atoms with Crippen LogP contribution in [0.1, 0.15) is 0 Å². The topological polar surface area (TPSA) is 21.1 Å². The molecule has 1 aliphatic rings. The van der Waals surface area contributed by atoms with Crippen molar-refractivity contribution in [3.05, 3.63) is 17.4 Å². The van der Waals surface area contributed by atoms with Gasteiger partial charge in [0.15, 0.2) is 0 Å². The van der Waals surface area contributed by atoms with Crippen LogP contribution in [0.4, 0.5) is 0 Å². The molecule has 0 aromatic carbocycles. The lowest BCUT2D eigenvalue weighted by molar-refractivity contribution is 0.228. The van der Waals surface area contributed by atoms with Crippen LogP contribution in [0.3, 0.4) is 0 Å². The van der Waals surface area contributed by atoms with Gasteiger partial charge in [-0.1, -0.05) is 11.6 Å². The van der Waals surface area contributed by atoms with Crippen molar-refractivity contribution >= 4 is 23.4 Å². The lowest BCUT2D eigenvalue weighted by atomic mass is 10.5. The Morgan fingerprint density at radius 1 is 1.46 bits per heavy atom. The summed E-state index contributed by atoms with van der Waals surface area (Å²) in [7, 11) is 0. The van der Waals surface area contributed by atoms with Crippen LogP contribution in [0.5, 0.6) is 0 Å². The van der Waals surface area contributed by atoms with Gasteiger partial charge >= 0.3 is 0 Å². The fourth-order valence-corrected chi connectivity index (χ4v) is 2.50. The van der Waals surface area contributed by atoms with E-state index in [-0.39, 0.29) is 0 Å². The first-order valence-electron chi connectivity index (χ1n) is 4.32. The molecule has 2 rings (SSSR count). The Morgan fingerprint density at radius 3 is 2.85 bits per heavy atom. The standard InChI is InChI=1S/C8H12ClN3S/c9-8-5-10-12(6-8)7-11-1-3-13-4-2-11/h5-6H,1-4,7H2. The Morgan fingerprint density at radius 2 is 2.23 bits per heavy atom. The van der Waals surface area contributed by atoms with Crippen LogP contribution in [0.2, 0.25) is 5.02 Å². The molecule has 0 bridgehead atoms. The third kappa shape index (κ3) is 2.62. The maximum atomic E-state index is 5.77. The highest BCUT2D eigenvalue weighted by atomic mass is 35.5. The zero-order valence-electron chi connectivity index (χ0n) is 7.32. The van der Waals surface area contributed by atoms with Crippen molar-refractivity contribution in [2.75, 3.05) is 24.6 Å². The van der Waals surface area contributed by atoms with Gasteiger partial charge in [-0.2, -0.15) is 16.9 Å². The molecular weight excluding hydrogens is 206 g/mol. The number of thioether (sulfide) groups is 1. The van der Waals surface area contributed by atoms with Crippen LogP contribution in [0, 0.1) is 0 Å². The van der Waals surface area contributed by atoms with Crippen molar-refractivity contribution in [2.45, 2.75) is 6.67 Å². The van der Waals surface area contributed by atoms with Crippen LogP contribution in [-0.4, -0.2) is 39.3 Å². The minimum absolute atomic E-state index is 0.714. The van der Waals surface area contributed by atoms with E-state index in [4.69, 9.17) is 11.6 Å². The number of rotatable bonds is 2. The molecule has 5 heteroatoms. The van der Waals surface area contributed by atoms with Crippen molar-refractivity contribution < 1.29 is 0 Å². The van der Waals surface area contributed by atoms with E-state index in [2.05, 4.69) is 10.00 Å². The lowest BCUT2D eigenvalue weighted by Crippen LogP contribution is -2.34. The van der Waals surface area contributed by atoms with Crippen LogP contribution >= 0.6 is 23.4 Å². The molecule has 1 aromatic rings. The second-order valence-corrected chi connectivity index (χ2v) is 4.73. The fraction of sp³-hybridized carbons (Fsp3) is 0.625. The average molecular weight is 218 g/mol. The first-order chi connectivity index (χ1) is 6.34. The van der Waals surface area contributed by atoms with Gasteiger partial charge in [-0.25, -0.2) is 0 Å². The summed E-state index contributed by atoms with van der Waals surface area (Å²) in [6.45, 7) is 3.18. The third-order valence-corrected chi connectivity index (χ3v) is 3.19. The average Bonchev–Trinajstić information content (AvgIpc) is 2.53. The highest BCUT2D eigenvalue weighted by Gasteiger charge is 2.10. The molecule has 1 aromatic heterocycles. The van der Waals surface area contributed by atoms with E-state index < -0.39 is 0 Å². The maximum absolute atomic E-state index is 5.77. The summed E-state index contributed by atoms with van der Waals surface area (Å²) in [4.78, 5) is 2.39.